The molecule has 0 N–H and O–H groups in total. The van der Waals surface area contributed by atoms with Crippen LogP contribution >= 0.6 is 0 Å². The molecular formula is C29H32F3NO5. The Bertz CT molecular complexity index is 1180. The largest absolute Gasteiger partial charge is 0.490 e. The molecule has 0 atom stereocenters. The number of fused-ring (bicyclic) bond motifs is 1. The number of piperidine rings is 1. The van der Waals surface area contributed by atoms with Crippen LogP contribution in [0.4, 0.5) is 13.2 Å². The number of halogens is 3. The third-order valence-electron chi connectivity index (χ3n) is 6.96. The molecule has 2 heterocycles. The number of carbonyl (C=O) groups excluding carboxylic acids is 1. The Balaban J connectivity index is 1.17. The molecule has 2 aromatic rings. The standard InChI is InChI=1S/C29H32F3NO5/c1-2-35-28(34)21-9-11-33(12-10-21)16-20-13-22-4-5-24(15-27(22)37-18-20)36-17-19-3-8-26(38-23-6-7-23)25(14-19)29(30,31)32/h3-5,8,13-15,21,23H,2,6-7,9-12,16-18H2,1H3. The summed E-state index contributed by atoms with van der Waals surface area (Å²) in [5.41, 5.74) is 1.71. The summed E-state index contributed by atoms with van der Waals surface area (Å²) < 4.78 is 63.0. The van der Waals surface area contributed by atoms with E-state index in [1.807, 2.05) is 13.0 Å². The minimum Gasteiger partial charge on any atom is -0.490 e. The van der Waals surface area contributed by atoms with Gasteiger partial charge in [-0.15, -0.1) is 0 Å². The minimum absolute atomic E-state index is 0.00554. The maximum Gasteiger partial charge on any atom is 0.419 e. The maximum atomic E-state index is 13.5. The maximum absolute atomic E-state index is 13.5. The molecular weight excluding hydrogens is 499 g/mol. The molecule has 2 aliphatic heterocycles. The molecule has 3 aliphatic rings. The number of carbonyl (C=O) groups is 1. The Morgan fingerprint density at radius 1 is 1.08 bits per heavy atom. The number of nitrogens with zero attached hydrogens (tertiary/aromatic N) is 1. The average Bonchev–Trinajstić information content (AvgIpc) is 3.72. The molecule has 2 fully saturated rings. The van der Waals surface area contributed by atoms with Crippen LogP contribution in [0, 0.1) is 5.92 Å². The van der Waals surface area contributed by atoms with E-state index in [4.69, 9.17) is 18.9 Å². The Morgan fingerprint density at radius 2 is 1.87 bits per heavy atom. The van der Waals surface area contributed by atoms with Gasteiger partial charge in [0.25, 0.3) is 0 Å². The van der Waals surface area contributed by atoms with Gasteiger partial charge in [-0.25, -0.2) is 0 Å². The van der Waals surface area contributed by atoms with Crippen LogP contribution in [0.25, 0.3) is 6.08 Å². The van der Waals surface area contributed by atoms with Crippen molar-refractivity contribution in [3.05, 3.63) is 58.7 Å². The molecule has 0 radical (unpaired) electrons. The summed E-state index contributed by atoms with van der Waals surface area (Å²) in [4.78, 5) is 14.3. The lowest BCUT2D eigenvalue weighted by Gasteiger charge is -2.32. The second kappa shape index (κ2) is 11.3. The van der Waals surface area contributed by atoms with E-state index in [1.54, 1.807) is 18.2 Å². The van der Waals surface area contributed by atoms with Crippen molar-refractivity contribution >= 4 is 12.0 Å². The number of alkyl halides is 3. The third-order valence-corrected chi connectivity index (χ3v) is 6.96. The fraction of sp³-hybridized carbons (Fsp3) is 0.483. The van der Waals surface area contributed by atoms with Crippen molar-refractivity contribution in [1.82, 2.24) is 4.90 Å². The third kappa shape index (κ3) is 6.62. The van der Waals surface area contributed by atoms with Gasteiger partial charge in [0, 0.05) is 18.2 Å². The van der Waals surface area contributed by atoms with Gasteiger partial charge in [0.2, 0.25) is 0 Å². The Kier molecular flexibility index (Phi) is 7.83. The van der Waals surface area contributed by atoms with Gasteiger partial charge in [0.05, 0.1) is 24.2 Å². The Morgan fingerprint density at radius 3 is 2.58 bits per heavy atom. The lowest BCUT2D eigenvalue weighted by Crippen LogP contribution is -2.38. The highest BCUT2D eigenvalue weighted by molar-refractivity contribution is 5.72. The Hall–Kier alpha value is -3.20. The van der Waals surface area contributed by atoms with E-state index in [-0.39, 0.29) is 30.3 Å². The van der Waals surface area contributed by atoms with Gasteiger partial charge in [-0.1, -0.05) is 6.07 Å². The smallest absolute Gasteiger partial charge is 0.419 e. The quantitative estimate of drug-likeness (QED) is 0.377. The predicted octanol–water partition coefficient (Wildman–Crippen LogP) is 5.88. The van der Waals surface area contributed by atoms with Crippen LogP contribution in [0.5, 0.6) is 17.2 Å². The molecule has 6 nitrogen and oxygen atoms in total. The predicted molar refractivity (Wildman–Crippen MR) is 135 cm³/mol. The van der Waals surface area contributed by atoms with E-state index in [0.717, 1.165) is 62.5 Å². The van der Waals surface area contributed by atoms with Crippen LogP contribution in [-0.2, 0) is 22.3 Å². The zero-order chi connectivity index (χ0) is 26.7. The van der Waals surface area contributed by atoms with Crippen molar-refractivity contribution in [3.63, 3.8) is 0 Å². The van der Waals surface area contributed by atoms with E-state index in [2.05, 4.69) is 11.0 Å². The number of likely N-dealkylation sites (tertiary alicyclic amines) is 1. The summed E-state index contributed by atoms with van der Waals surface area (Å²) in [6.07, 6.45) is 0.654. The summed E-state index contributed by atoms with van der Waals surface area (Å²) in [6.45, 7) is 5.13. The van der Waals surface area contributed by atoms with Gasteiger partial charge in [-0.2, -0.15) is 13.2 Å². The molecule has 9 heteroatoms. The first-order chi connectivity index (χ1) is 18.3. The van der Waals surface area contributed by atoms with E-state index >= 15 is 0 Å². The van der Waals surface area contributed by atoms with Crippen molar-refractivity contribution in [2.75, 3.05) is 32.8 Å². The van der Waals surface area contributed by atoms with Gasteiger partial charge in [0.15, 0.2) is 0 Å². The molecule has 2 aromatic carbocycles. The van der Waals surface area contributed by atoms with Crippen molar-refractivity contribution in [2.45, 2.75) is 51.5 Å². The SMILES string of the molecule is CCOC(=O)C1CCN(CC2=Cc3ccc(OCc4ccc(OC5CC5)c(C(F)(F)F)c4)cc3OC2)CC1. The second-order valence-electron chi connectivity index (χ2n) is 10.0. The van der Waals surface area contributed by atoms with Crippen LogP contribution in [0.3, 0.4) is 0 Å². The fourth-order valence-electron chi connectivity index (χ4n) is 4.77. The summed E-state index contributed by atoms with van der Waals surface area (Å²) in [5, 5.41) is 0. The zero-order valence-electron chi connectivity index (χ0n) is 21.4. The van der Waals surface area contributed by atoms with Gasteiger partial charge >= 0.3 is 12.1 Å². The molecule has 0 unspecified atom stereocenters. The van der Waals surface area contributed by atoms with Crippen LogP contribution in [-0.4, -0.2) is 49.8 Å². The highest BCUT2D eigenvalue weighted by Crippen LogP contribution is 2.39. The molecule has 0 spiro atoms. The summed E-state index contributed by atoms with van der Waals surface area (Å²) in [6, 6.07) is 9.53. The van der Waals surface area contributed by atoms with E-state index in [0.29, 0.717) is 30.3 Å². The number of ether oxygens (including phenoxy) is 4. The number of benzene rings is 2. The average molecular weight is 532 g/mol. The first-order valence-electron chi connectivity index (χ1n) is 13.1. The normalized spacial score (nSPS) is 18.3. The van der Waals surface area contributed by atoms with Gasteiger partial charge < -0.3 is 18.9 Å². The lowest BCUT2D eigenvalue weighted by molar-refractivity contribution is -0.149. The molecule has 0 bridgehead atoms. The zero-order valence-corrected chi connectivity index (χ0v) is 21.4. The van der Waals surface area contributed by atoms with E-state index in [9.17, 15) is 18.0 Å². The molecule has 5 rings (SSSR count). The molecule has 0 aromatic heterocycles. The van der Waals surface area contributed by atoms with Gasteiger partial charge in [-0.05, 0) is 87.2 Å². The highest BCUT2D eigenvalue weighted by atomic mass is 19.4. The Labute approximate surface area is 220 Å². The summed E-state index contributed by atoms with van der Waals surface area (Å²) >= 11 is 0. The van der Waals surface area contributed by atoms with E-state index < -0.39 is 11.7 Å². The molecule has 1 saturated carbocycles. The van der Waals surface area contributed by atoms with Crippen LogP contribution in [0.2, 0.25) is 0 Å². The summed E-state index contributed by atoms with van der Waals surface area (Å²) in [5.74, 6) is 0.956. The number of hydrogen-bond acceptors (Lipinski definition) is 6. The van der Waals surface area contributed by atoms with Crippen molar-refractivity contribution in [1.29, 1.82) is 0 Å². The number of esters is 1. The first kappa shape index (κ1) is 26.4. The molecule has 38 heavy (non-hydrogen) atoms. The molecule has 1 aliphatic carbocycles. The van der Waals surface area contributed by atoms with Crippen molar-refractivity contribution < 1.29 is 36.9 Å². The van der Waals surface area contributed by atoms with Crippen molar-refractivity contribution in [3.8, 4) is 17.2 Å². The van der Waals surface area contributed by atoms with Crippen LogP contribution in [0.15, 0.2) is 42.0 Å². The first-order valence-corrected chi connectivity index (χ1v) is 13.1. The van der Waals surface area contributed by atoms with Crippen LogP contribution in [0.1, 0.15) is 49.3 Å². The molecule has 204 valence electrons. The minimum atomic E-state index is -4.50. The number of rotatable bonds is 9. The molecule has 0 amide bonds. The highest BCUT2D eigenvalue weighted by Gasteiger charge is 2.36. The van der Waals surface area contributed by atoms with Crippen LogP contribution < -0.4 is 14.2 Å². The van der Waals surface area contributed by atoms with Crippen molar-refractivity contribution in [2.24, 2.45) is 5.92 Å². The molecule has 1 saturated heterocycles. The monoisotopic (exact) mass is 531 g/mol. The topological polar surface area (TPSA) is 57.2 Å². The van der Waals surface area contributed by atoms with Gasteiger partial charge in [-0.3, -0.25) is 9.69 Å². The number of hydrogen-bond donors (Lipinski definition) is 0. The lowest BCUT2D eigenvalue weighted by atomic mass is 9.96. The van der Waals surface area contributed by atoms with Gasteiger partial charge in [0.1, 0.15) is 30.5 Å². The second-order valence-corrected chi connectivity index (χ2v) is 10.0. The van der Waals surface area contributed by atoms with E-state index in [1.165, 1.54) is 6.07 Å². The fourth-order valence-corrected chi connectivity index (χ4v) is 4.77. The summed E-state index contributed by atoms with van der Waals surface area (Å²) in [7, 11) is 0.